The second-order valence-corrected chi connectivity index (χ2v) is 5.84. The minimum atomic E-state index is 0.00343. The van der Waals surface area contributed by atoms with Crippen molar-refractivity contribution in [1.82, 2.24) is 10.1 Å². The van der Waals surface area contributed by atoms with Gasteiger partial charge in [-0.1, -0.05) is 28.9 Å². The summed E-state index contributed by atoms with van der Waals surface area (Å²) in [5, 5.41) is 4.59. The van der Waals surface area contributed by atoms with E-state index in [1.54, 1.807) is 13.8 Å². The molecule has 1 aliphatic heterocycles. The van der Waals surface area contributed by atoms with Gasteiger partial charge < -0.3 is 9.42 Å². The van der Waals surface area contributed by atoms with Crippen LogP contribution < -0.4 is 0 Å². The van der Waals surface area contributed by atoms with Crippen molar-refractivity contribution in [2.24, 2.45) is 0 Å². The first kappa shape index (κ1) is 14.1. The molecular weight excluding hydrogens is 288 g/mol. The van der Waals surface area contributed by atoms with Gasteiger partial charge in [-0.2, -0.15) is 0 Å². The van der Waals surface area contributed by atoms with Crippen LogP contribution in [0.4, 0.5) is 0 Å². The van der Waals surface area contributed by atoms with Gasteiger partial charge in [0.2, 0.25) is 0 Å². The second kappa shape index (κ2) is 5.53. The molecule has 4 nitrogen and oxygen atoms in total. The molecule has 5 heteroatoms. The number of amides is 1. The number of carbonyl (C=O) groups excluding carboxylic acids is 1. The van der Waals surface area contributed by atoms with Crippen molar-refractivity contribution < 1.29 is 9.32 Å². The average Bonchev–Trinajstić information content (AvgIpc) is 3.07. The van der Waals surface area contributed by atoms with Gasteiger partial charge in [-0.15, -0.1) is 0 Å². The first-order chi connectivity index (χ1) is 10.1. The Morgan fingerprint density at radius 2 is 2.05 bits per heavy atom. The van der Waals surface area contributed by atoms with E-state index in [2.05, 4.69) is 5.16 Å². The van der Waals surface area contributed by atoms with E-state index in [9.17, 15) is 4.79 Å². The number of likely N-dealkylation sites (tertiary alicyclic amines) is 1. The molecule has 0 spiro atoms. The minimum absolute atomic E-state index is 0.00343. The van der Waals surface area contributed by atoms with Gasteiger partial charge in [0.1, 0.15) is 11.3 Å². The summed E-state index contributed by atoms with van der Waals surface area (Å²) < 4.78 is 5.12. The van der Waals surface area contributed by atoms with E-state index in [-0.39, 0.29) is 11.9 Å². The maximum Gasteiger partial charge on any atom is 0.259 e. The molecule has 21 heavy (non-hydrogen) atoms. The summed E-state index contributed by atoms with van der Waals surface area (Å²) in [5.74, 6) is 0.586. The van der Waals surface area contributed by atoms with Crippen LogP contribution in [0, 0.1) is 13.8 Å². The van der Waals surface area contributed by atoms with E-state index >= 15 is 0 Å². The third kappa shape index (κ3) is 2.56. The zero-order valence-electron chi connectivity index (χ0n) is 12.1. The molecule has 0 saturated carbocycles. The standard InChI is InChI=1S/C16H17ClN2O2/c1-10-15(11(2)21-18-10)16(20)19-9-3-4-14(19)12-5-7-13(17)8-6-12/h5-8,14H,3-4,9H2,1-2H3. The zero-order chi connectivity index (χ0) is 15.0. The van der Waals surface area contributed by atoms with Crippen molar-refractivity contribution in [1.29, 1.82) is 0 Å². The first-order valence-corrected chi connectivity index (χ1v) is 7.45. The van der Waals surface area contributed by atoms with Gasteiger partial charge in [-0.05, 0) is 44.4 Å². The first-order valence-electron chi connectivity index (χ1n) is 7.07. The quantitative estimate of drug-likeness (QED) is 0.844. The molecule has 0 aliphatic carbocycles. The van der Waals surface area contributed by atoms with Crippen molar-refractivity contribution in [2.75, 3.05) is 6.54 Å². The summed E-state index contributed by atoms with van der Waals surface area (Å²) in [7, 11) is 0. The maximum atomic E-state index is 12.8. The molecule has 1 saturated heterocycles. The van der Waals surface area contributed by atoms with Crippen LogP contribution in [0.2, 0.25) is 5.02 Å². The average molecular weight is 305 g/mol. The second-order valence-electron chi connectivity index (χ2n) is 5.41. The van der Waals surface area contributed by atoms with Crippen molar-refractivity contribution in [3.8, 4) is 0 Å². The van der Waals surface area contributed by atoms with Crippen molar-refractivity contribution >= 4 is 17.5 Å². The van der Waals surface area contributed by atoms with Gasteiger partial charge in [0.05, 0.1) is 11.7 Å². The molecule has 110 valence electrons. The number of aryl methyl sites for hydroxylation is 2. The van der Waals surface area contributed by atoms with E-state index in [1.165, 1.54) is 0 Å². The van der Waals surface area contributed by atoms with Crippen LogP contribution in [0.15, 0.2) is 28.8 Å². The number of hydrogen-bond acceptors (Lipinski definition) is 3. The lowest BCUT2D eigenvalue weighted by atomic mass is 10.0. The van der Waals surface area contributed by atoms with E-state index in [1.807, 2.05) is 29.2 Å². The van der Waals surface area contributed by atoms with Crippen LogP contribution in [0.1, 0.15) is 46.3 Å². The topological polar surface area (TPSA) is 46.3 Å². The third-order valence-electron chi connectivity index (χ3n) is 4.02. The van der Waals surface area contributed by atoms with Gasteiger partial charge in [0, 0.05) is 11.6 Å². The summed E-state index contributed by atoms with van der Waals surface area (Å²) in [6.45, 7) is 4.34. The molecule has 1 aliphatic rings. The highest BCUT2D eigenvalue weighted by Gasteiger charge is 2.33. The number of nitrogens with zero attached hydrogens (tertiary/aromatic N) is 2. The molecule has 0 radical (unpaired) electrons. The number of carbonyl (C=O) groups is 1. The summed E-state index contributed by atoms with van der Waals surface area (Å²) in [4.78, 5) is 14.7. The van der Waals surface area contributed by atoms with Crippen LogP contribution in [-0.4, -0.2) is 22.5 Å². The predicted octanol–water partition coefficient (Wildman–Crippen LogP) is 3.92. The monoisotopic (exact) mass is 304 g/mol. The molecule has 1 aromatic heterocycles. The Labute approximate surface area is 128 Å². The van der Waals surface area contributed by atoms with Crippen LogP contribution in [0.3, 0.4) is 0 Å². The lowest BCUT2D eigenvalue weighted by Crippen LogP contribution is -2.31. The highest BCUT2D eigenvalue weighted by atomic mass is 35.5. The zero-order valence-corrected chi connectivity index (χ0v) is 12.9. The fourth-order valence-electron chi connectivity index (χ4n) is 2.97. The Morgan fingerprint density at radius 3 is 2.67 bits per heavy atom. The number of aromatic nitrogens is 1. The van der Waals surface area contributed by atoms with Gasteiger partial charge in [-0.3, -0.25) is 4.79 Å². The fraction of sp³-hybridized carbons (Fsp3) is 0.375. The SMILES string of the molecule is Cc1noc(C)c1C(=O)N1CCCC1c1ccc(Cl)cc1. The van der Waals surface area contributed by atoms with Crippen molar-refractivity contribution in [3.05, 3.63) is 51.9 Å². The fourth-order valence-corrected chi connectivity index (χ4v) is 3.10. The molecule has 1 amide bonds. The lowest BCUT2D eigenvalue weighted by molar-refractivity contribution is 0.0733. The molecule has 1 fully saturated rings. The van der Waals surface area contributed by atoms with E-state index < -0.39 is 0 Å². The number of halogens is 1. The number of rotatable bonds is 2. The van der Waals surface area contributed by atoms with Gasteiger partial charge >= 0.3 is 0 Å². The highest BCUT2D eigenvalue weighted by molar-refractivity contribution is 6.30. The van der Waals surface area contributed by atoms with Gasteiger partial charge in [0.25, 0.3) is 5.91 Å². The predicted molar refractivity (Wildman–Crippen MR) is 80.4 cm³/mol. The molecule has 0 bridgehead atoms. The highest BCUT2D eigenvalue weighted by Crippen LogP contribution is 2.34. The lowest BCUT2D eigenvalue weighted by Gasteiger charge is -2.25. The van der Waals surface area contributed by atoms with E-state index in [4.69, 9.17) is 16.1 Å². The molecule has 2 heterocycles. The Balaban J connectivity index is 1.90. The van der Waals surface area contributed by atoms with E-state index in [0.29, 0.717) is 22.0 Å². The number of hydrogen-bond donors (Lipinski definition) is 0. The Morgan fingerprint density at radius 1 is 1.33 bits per heavy atom. The minimum Gasteiger partial charge on any atom is -0.361 e. The summed E-state index contributed by atoms with van der Waals surface area (Å²) in [6.07, 6.45) is 1.97. The number of benzene rings is 1. The van der Waals surface area contributed by atoms with Crippen molar-refractivity contribution in [3.63, 3.8) is 0 Å². The maximum absolute atomic E-state index is 12.8. The molecule has 0 N–H and O–H groups in total. The molecule has 3 rings (SSSR count). The molecule has 1 atom stereocenters. The third-order valence-corrected chi connectivity index (χ3v) is 4.27. The van der Waals surface area contributed by atoms with E-state index in [0.717, 1.165) is 24.9 Å². The summed E-state index contributed by atoms with van der Waals surface area (Å²) >= 11 is 5.94. The van der Waals surface area contributed by atoms with Crippen molar-refractivity contribution in [2.45, 2.75) is 32.7 Å². The largest absolute Gasteiger partial charge is 0.361 e. The van der Waals surface area contributed by atoms with Crippen LogP contribution in [-0.2, 0) is 0 Å². The van der Waals surface area contributed by atoms with Gasteiger partial charge in [-0.25, -0.2) is 0 Å². The Kier molecular flexibility index (Phi) is 3.72. The Bertz CT molecular complexity index is 644. The normalized spacial score (nSPS) is 18.2. The van der Waals surface area contributed by atoms with Crippen LogP contribution >= 0.6 is 11.6 Å². The van der Waals surface area contributed by atoms with Crippen LogP contribution in [0.5, 0.6) is 0 Å². The summed E-state index contributed by atoms with van der Waals surface area (Å²) in [6, 6.07) is 7.82. The van der Waals surface area contributed by atoms with Gasteiger partial charge in [0.15, 0.2) is 0 Å². The molecule has 1 aromatic carbocycles. The Hall–Kier alpha value is -1.81. The summed E-state index contributed by atoms with van der Waals surface area (Å²) in [5.41, 5.74) is 2.37. The molecule has 1 unspecified atom stereocenters. The van der Waals surface area contributed by atoms with Crippen LogP contribution in [0.25, 0.3) is 0 Å². The smallest absolute Gasteiger partial charge is 0.259 e. The molecule has 2 aromatic rings. The molecular formula is C16H17ClN2O2.